The first-order chi connectivity index (χ1) is 6.13. The molecule has 0 saturated carbocycles. The van der Waals surface area contributed by atoms with Crippen LogP contribution < -0.4 is 0 Å². The third-order valence-electron chi connectivity index (χ3n) is 1.38. The summed E-state index contributed by atoms with van der Waals surface area (Å²) in [4.78, 5) is 11.2. The van der Waals surface area contributed by atoms with Gasteiger partial charge in [0.05, 0.1) is 0 Å². The van der Waals surface area contributed by atoms with Crippen molar-refractivity contribution in [3.8, 4) is 6.07 Å². The van der Waals surface area contributed by atoms with Crippen molar-refractivity contribution in [3.05, 3.63) is 17.5 Å². The molecule has 1 aromatic heterocycles. The molecule has 0 amide bonds. The van der Waals surface area contributed by atoms with Crippen molar-refractivity contribution in [2.75, 3.05) is 0 Å². The molecule has 0 aromatic carbocycles. The van der Waals surface area contributed by atoms with Gasteiger partial charge in [-0.05, 0) is 19.9 Å². The Hall–Kier alpha value is -1.83. The Bertz CT molecular complexity index is 351. The zero-order valence-corrected chi connectivity index (χ0v) is 7.37. The van der Waals surface area contributed by atoms with Crippen molar-refractivity contribution in [1.29, 1.82) is 5.26 Å². The van der Waals surface area contributed by atoms with E-state index in [4.69, 9.17) is 10.00 Å². The fourth-order valence-corrected chi connectivity index (χ4v) is 0.770. The number of aryl methyl sites for hydroxylation is 1. The van der Waals surface area contributed by atoms with Gasteiger partial charge in [0.2, 0.25) is 0 Å². The molecule has 0 aliphatic heterocycles. The summed E-state index contributed by atoms with van der Waals surface area (Å²) in [5.74, 6) is -0.585. The van der Waals surface area contributed by atoms with Gasteiger partial charge in [0.25, 0.3) is 0 Å². The summed E-state index contributed by atoms with van der Waals surface area (Å²) in [6, 6.07) is 3.35. The normalized spacial score (nSPS) is 11.8. The maximum absolute atomic E-state index is 11.2. The lowest BCUT2D eigenvalue weighted by atomic mass is 10.4. The maximum Gasteiger partial charge on any atom is 0.360 e. The topological polar surface area (TPSA) is 78.8 Å². The average molecular weight is 179 g/mol. The first-order valence-electron chi connectivity index (χ1n) is 3.76. The highest BCUT2D eigenvalue weighted by Crippen LogP contribution is 2.01. The molecule has 0 aliphatic carbocycles. The number of ether oxygens (including phenoxy) is 1. The van der Waals surface area contributed by atoms with Crippen molar-refractivity contribution < 1.29 is 9.53 Å². The van der Waals surface area contributed by atoms with Crippen LogP contribution in [0.2, 0.25) is 0 Å². The van der Waals surface area contributed by atoms with E-state index in [0.29, 0.717) is 0 Å². The first kappa shape index (κ1) is 9.26. The molecule has 13 heavy (non-hydrogen) atoms. The Labute approximate surface area is 75.3 Å². The summed E-state index contributed by atoms with van der Waals surface area (Å²) in [6.45, 7) is 3.27. The molecule has 0 saturated heterocycles. The number of nitrogens with one attached hydrogen (secondary N) is 1. The van der Waals surface area contributed by atoms with Gasteiger partial charge in [-0.3, -0.25) is 5.10 Å². The highest BCUT2D eigenvalue weighted by Gasteiger charge is 2.13. The minimum atomic E-state index is -0.746. The number of carbonyl (C=O) groups excluding carboxylic acids is 1. The zero-order chi connectivity index (χ0) is 9.84. The van der Waals surface area contributed by atoms with Gasteiger partial charge < -0.3 is 4.74 Å². The number of nitrogens with zero attached hydrogens (tertiary/aromatic N) is 2. The van der Waals surface area contributed by atoms with E-state index in [0.717, 1.165) is 5.69 Å². The molecule has 1 rings (SSSR count). The Morgan fingerprint density at radius 3 is 3.00 bits per heavy atom. The van der Waals surface area contributed by atoms with Crippen LogP contribution in [0.25, 0.3) is 0 Å². The minimum absolute atomic E-state index is 0.194. The molecular formula is C8H9N3O2. The van der Waals surface area contributed by atoms with Crippen LogP contribution in [0.4, 0.5) is 0 Å². The number of carbonyl (C=O) groups is 1. The van der Waals surface area contributed by atoms with Crippen LogP contribution in [0.15, 0.2) is 6.07 Å². The highest BCUT2D eigenvalue weighted by atomic mass is 16.5. The molecule has 1 heterocycles. The Kier molecular flexibility index (Phi) is 2.65. The van der Waals surface area contributed by atoms with Gasteiger partial charge in [-0.2, -0.15) is 10.4 Å². The second-order valence-electron chi connectivity index (χ2n) is 2.61. The van der Waals surface area contributed by atoms with E-state index in [1.807, 2.05) is 0 Å². The third-order valence-corrected chi connectivity index (χ3v) is 1.38. The molecule has 1 aromatic rings. The van der Waals surface area contributed by atoms with Crippen LogP contribution in [0.1, 0.15) is 23.1 Å². The lowest BCUT2D eigenvalue weighted by Gasteiger charge is -2.01. The van der Waals surface area contributed by atoms with Gasteiger partial charge in [-0.15, -0.1) is 0 Å². The summed E-state index contributed by atoms with van der Waals surface area (Å²) in [5, 5.41) is 14.7. The van der Waals surface area contributed by atoms with Gasteiger partial charge in [-0.25, -0.2) is 4.79 Å². The summed E-state index contributed by atoms with van der Waals surface area (Å²) < 4.78 is 4.72. The molecule has 5 heteroatoms. The lowest BCUT2D eigenvalue weighted by Crippen LogP contribution is -2.13. The second-order valence-corrected chi connectivity index (χ2v) is 2.61. The smallest absolute Gasteiger partial charge is 0.360 e. The number of aromatic amines is 1. The molecule has 0 fully saturated rings. The molecule has 1 unspecified atom stereocenters. The third kappa shape index (κ3) is 2.30. The number of H-pyrrole nitrogens is 1. The maximum atomic E-state index is 11.2. The van der Waals surface area contributed by atoms with E-state index in [1.54, 1.807) is 19.1 Å². The Morgan fingerprint density at radius 1 is 1.85 bits per heavy atom. The molecule has 0 aliphatic rings. The van der Waals surface area contributed by atoms with E-state index in [1.165, 1.54) is 6.92 Å². The van der Waals surface area contributed by atoms with Crippen LogP contribution in [-0.2, 0) is 4.74 Å². The largest absolute Gasteiger partial charge is 0.442 e. The van der Waals surface area contributed by atoms with Crippen LogP contribution in [0, 0.1) is 18.3 Å². The van der Waals surface area contributed by atoms with E-state index in [-0.39, 0.29) is 5.69 Å². The first-order valence-corrected chi connectivity index (χ1v) is 3.76. The van der Waals surface area contributed by atoms with Gasteiger partial charge in [0.1, 0.15) is 6.07 Å². The summed E-state index contributed by atoms with van der Waals surface area (Å²) in [5.41, 5.74) is 0.969. The Balaban J connectivity index is 2.65. The van der Waals surface area contributed by atoms with Gasteiger partial charge in [-0.1, -0.05) is 0 Å². The van der Waals surface area contributed by atoms with Crippen LogP contribution in [0.5, 0.6) is 0 Å². The highest BCUT2D eigenvalue weighted by molar-refractivity contribution is 5.87. The predicted octanol–water partition coefficient (Wildman–Crippen LogP) is 0.787. The quantitative estimate of drug-likeness (QED) is 0.680. The van der Waals surface area contributed by atoms with Gasteiger partial charge in [0.15, 0.2) is 11.8 Å². The lowest BCUT2D eigenvalue weighted by molar-refractivity contribution is 0.0428. The monoisotopic (exact) mass is 179 g/mol. The molecule has 0 bridgehead atoms. The zero-order valence-electron chi connectivity index (χ0n) is 7.37. The molecular weight excluding hydrogens is 170 g/mol. The molecule has 0 spiro atoms. The molecule has 5 nitrogen and oxygen atoms in total. The molecule has 1 atom stereocenters. The SMILES string of the molecule is Cc1cc(C(=O)OC(C)C#N)n[nH]1. The Morgan fingerprint density at radius 2 is 2.54 bits per heavy atom. The summed E-state index contributed by atoms with van der Waals surface area (Å²) >= 11 is 0. The number of rotatable bonds is 2. The minimum Gasteiger partial charge on any atom is -0.442 e. The summed E-state index contributed by atoms with van der Waals surface area (Å²) in [7, 11) is 0. The van der Waals surface area contributed by atoms with Gasteiger partial charge >= 0.3 is 5.97 Å². The number of hydrogen-bond acceptors (Lipinski definition) is 4. The van der Waals surface area contributed by atoms with Crippen LogP contribution in [-0.4, -0.2) is 22.3 Å². The number of nitriles is 1. The van der Waals surface area contributed by atoms with Crippen molar-refractivity contribution >= 4 is 5.97 Å². The van der Waals surface area contributed by atoms with Crippen molar-refractivity contribution in [3.63, 3.8) is 0 Å². The second kappa shape index (κ2) is 3.72. The van der Waals surface area contributed by atoms with E-state index in [2.05, 4.69) is 10.2 Å². The predicted molar refractivity (Wildman–Crippen MR) is 43.8 cm³/mol. The van der Waals surface area contributed by atoms with Crippen molar-refractivity contribution in [2.24, 2.45) is 0 Å². The van der Waals surface area contributed by atoms with E-state index >= 15 is 0 Å². The fourth-order valence-electron chi connectivity index (χ4n) is 0.770. The number of hydrogen-bond donors (Lipinski definition) is 1. The molecule has 68 valence electrons. The standard InChI is InChI=1S/C8H9N3O2/c1-5-3-7(11-10-5)8(12)13-6(2)4-9/h3,6H,1-2H3,(H,10,11). The number of aromatic nitrogens is 2. The number of esters is 1. The van der Waals surface area contributed by atoms with Crippen molar-refractivity contribution in [1.82, 2.24) is 10.2 Å². The molecule has 1 N–H and O–H groups in total. The summed E-state index contributed by atoms with van der Waals surface area (Å²) in [6.07, 6.45) is -0.746. The molecule has 0 radical (unpaired) electrons. The fraction of sp³-hybridized carbons (Fsp3) is 0.375. The average Bonchev–Trinajstić information content (AvgIpc) is 2.51. The van der Waals surface area contributed by atoms with Crippen LogP contribution in [0.3, 0.4) is 0 Å². The van der Waals surface area contributed by atoms with Crippen LogP contribution >= 0.6 is 0 Å². The van der Waals surface area contributed by atoms with Gasteiger partial charge in [0, 0.05) is 5.69 Å². The van der Waals surface area contributed by atoms with Crippen molar-refractivity contribution in [2.45, 2.75) is 20.0 Å². The van der Waals surface area contributed by atoms with E-state index in [9.17, 15) is 4.79 Å². The van der Waals surface area contributed by atoms with E-state index < -0.39 is 12.1 Å².